The molecular formula is C17H16F2N2O2. The van der Waals surface area contributed by atoms with Crippen LogP contribution in [0.1, 0.15) is 11.1 Å². The van der Waals surface area contributed by atoms with Crippen molar-refractivity contribution >= 4 is 11.8 Å². The summed E-state index contributed by atoms with van der Waals surface area (Å²) in [6, 6.07) is 11.4. The highest BCUT2D eigenvalue weighted by Crippen LogP contribution is 2.13. The molecule has 120 valence electrons. The summed E-state index contributed by atoms with van der Waals surface area (Å²) in [5.74, 6) is -3.00. The summed E-state index contributed by atoms with van der Waals surface area (Å²) in [6.45, 7) is 0. The van der Waals surface area contributed by atoms with Crippen LogP contribution in [0.25, 0.3) is 0 Å². The summed E-state index contributed by atoms with van der Waals surface area (Å²) in [5.41, 5.74) is 5.76. The maximum Gasteiger partial charge on any atom is 0.240 e. The van der Waals surface area contributed by atoms with Gasteiger partial charge < -0.3 is 11.1 Å². The first kappa shape index (κ1) is 16.6. The fraction of sp³-hybridized carbons (Fsp3) is 0.176. The van der Waals surface area contributed by atoms with Gasteiger partial charge in [0.05, 0.1) is 6.42 Å². The lowest BCUT2D eigenvalue weighted by molar-refractivity contribution is -0.127. The van der Waals surface area contributed by atoms with Crippen molar-refractivity contribution in [2.45, 2.75) is 18.9 Å². The van der Waals surface area contributed by atoms with Crippen molar-refractivity contribution in [2.75, 3.05) is 0 Å². The van der Waals surface area contributed by atoms with Crippen LogP contribution < -0.4 is 11.1 Å². The molecule has 0 aliphatic carbocycles. The summed E-state index contributed by atoms with van der Waals surface area (Å²) in [4.78, 5) is 23.5. The summed E-state index contributed by atoms with van der Waals surface area (Å²) in [7, 11) is 0. The van der Waals surface area contributed by atoms with Gasteiger partial charge in [0.25, 0.3) is 0 Å². The molecule has 0 fully saturated rings. The van der Waals surface area contributed by atoms with E-state index in [4.69, 9.17) is 5.73 Å². The zero-order valence-electron chi connectivity index (χ0n) is 12.3. The molecule has 2 amide bonds. The average Bonchev–Trinajstić information content (AvgIpc) is 2.51. The molecule has 6 heteroatoms. The number of benzene rings is 2. The SMILES string of the molecule is NC(=O)[C@@H](Cc1ccccc1)NC(=O)Cc1c(F)cccc1F. The molecule has 0 aliphatic heterocycles. The van der Waals surface area contributed by atoms with E-state index in [9.17, 15) is 18.4 Å². The Labute approximate surface area is 132 Å². The third kappa shape index (κ3) is 4.60. The van der Waals surface area contributed by atoms with E-state index in [1.807, 2.05) is 6.07 Å². The van der Waals surface area contributed by atoms with Crippen LogP contribution >= 0.6 is 0 Å². The number of primary amides is 1. The van der Waals surface area contributed by atoms with Gasteiger partial charge in [-0.05, 0) is 17.7 Å². The minimum absolute atomic E-state index is 0.210. The first-order valence-corrected chi connectivity index (χ1v) is 7.03. The quantitative estimate of drug-likeness (QED) is 0.851. The lowest BCUT2D eigenvalue weighted by atomic mass is 10.0. The van der Waals surface area contributed by atoms with E-state index < -0.39 is 35.9 Å². The van der Waals surface area contributed by atoms with Gasteiger partial charge in [0, 0.05) is 12.0 Å². The zero-order chi connectivity index (χ0) is 16.8. The zero-order valence-corrected chi connectivity index (χ0v) is 12.3. The smallest absolute Gasteiger partial charge is 0.240 e. The van der Waals surface area contributed by atoms with Crippen molar-refractivity contribution in [3.8, 4) is 0 Å². The molecule has 4 nitrogen and oxygen atoms in total. The van der Waals surface area contributed by atoms with E-state index in [0.29, 0.717) is 0 Å². The topological polar surface area (TPSA) is 72.2 Å². The molecular weight excluding hydrogens is 302 g/mol. The first-order chi connectivity index (χ1) is 11.0. The van der Waals surface area contributed by atoms with Crippen LogP contribution in [-0.2, 0) is 22.4 Å². The van der Waals surface area contributed by atoms with E-state index in [1.54, 1.807) is 24.3 Å². The van der Waals surface area contributed by atoms with Crippen LogP contribution in [0.4, 0.5) is 8.78 Å². The number of rotatable bonds is 6. The Morgan fingerprint density at radius 3 is 2.17 bits per heavy atom. The summed E-state index contributed by atoms with van der Waals surface area (Å²) >= 11 is 0. The number of hydrogen-bond donors (Lipinski definition) is 2. The van der Waals surface area contributed by atoms with Crippen LogP contribution in [0.15, 0.2) is 48.5 Å². The molecule has 0 saturated carbocycles. The van der Waals surface area contributed by atoms with Gasteiger partial charge in [0.15, 0.2) is 0 Å². The van der Waals surface area contributed by atoms with Gasteiger partial charge in [-0.15, -0.1) is 0 Å². The standard InChI is InChI=1S/C17H16F2N2O2/c18-13-7-4-8-14(19)12(13)10-16(22)21-15(17(20)23)9-11-5-2-1-3-6-11/h1-8,15H,9-10H2,(H2,20,23)(H,21,22)/t15-/m1/s1. The molecule has 0 bridgehead atoms. The lowest BCUT2D eigenvalue weighted by Crippen LogP contribution is -2.46. The average molecular weight is 318 g/mol. The van der Waals surface area contributed by atoms with Gasteiger partial charge in [-0.25, -0.2) is 8.78 Å². The summed E-state index contributed by atoms with van der Waals surface area (Å²) in [6.07, 6.45) is -0.293. The second-order valence-corrected chi connectivity index (χ2v) is 5.09. The molecule has 2 aromatic carbocycles. The maximum atomic E-state index is 13.5. The van der Waals surface area contributed by atoms with E-state index in [2.05, 4.69) is 5.32 Å². The molecule has 0 unspecified atom stereocenters. The molecule has 0 aliphatic rings. The van der Waals surface area contributed by atoms with E-state index in [-0.39, 0.29) is 12.0 Å². The second-order valence-electron chi connectivity index (χ2n) is 5.09. The number of nitrogens with one attached hydrogen (secondary N) is 1. The maximum absolute atomic E-state index is 13.5. The highest BCUT2D eigenvalue weighted by Gasteiger charge is 2.20. The third-order valence-electron chi connectivity index (χ3n) is 3.36. The Bertz CT molecular complexity index is 685. The number of halogens is 2. The number of hydrogen-bond acceptors (Lipinski definition) is 2. The molecule has 23 heavy (non-hydrogen) atoms. The first-order valence-electron chi connectivity index (χ1n) is 7.03. The molecule has 0 heterocycles. The van der Waals surface area contributed by atoms with Gasteiger partial charge in [-0.3, -0.25) is 9.59 Å². The normalized spacial score (nSPS) is 11.7. The molecule has 2 aromatic rings. The van der Waals surface area contributed by atoms with Gasteiger partial charge >= 0.3 is 0 Å². The second kappa shape index (κ2) is 7.49. The van der Waals surface area contributed by atoms with Crippen molar-refractivity contribution < 1.29 is 18.4 Å². The van der Waals surface area contributed by atoms with E-state index in [1.165, 1.54) is 6.07 Å². The van der Waals surface area contributed by atoms with Crippen molar-refractivity contribution in [3.05, 3.63) is 71.3 Å². The van der Waals surface area contributed by atoms with Crippen molar-refractivity contribution in [1.82, 2.24) is 5.32 Å². The molecule has 0 radical (unpaired) electrons. The largest absolute Gasteiger partial charge is 0.368 e. The third-order valence-corrected chi connectivity index (χ3v) is 3.36. The number of nitrogens with two attached hydrogens (primary N) is 1. The Balaban J connectivity index is 2.05. The Kier molecular flexibility index (Phi) is 5.41. The number of carbonyl (C=O) groups excluding carboxylic acids is 2. The molecule has 0 saturated heterocycles. The van der Waals surface area contributed by atoms with Crippen molar-refractivity contribution in [3.63, 3.8) is 0 Å². The van der Waals surface area contributed by atoms with Gasteiger partial charge in [-0.2, -0.15) is 0 Å². The minimum Gasteiger partial charge on any atom is -0.368 e. The Morgan fingerprint density at radius 2 is 1.61 bits per heavy atom. The van der Waals surface area contributed by atoms with E-state index in [0.717, 1.165) is 17.7 Å². The van der Waals surface area contributed by atoms with Crippen LogP contribution in [0.5, 0.6) is 0 Å². The molecule has 1 atom stereocenters. The van der Waals surface area contributed by atoms with Gasteiger partial charge in [0.2, 0.25) is 11.8 Å². The highest BCUT2D eigenvalue weighted by atomic mass is 19.1. The fourth-order valence-electron chi connectivity index (χ4n) is 2.18. The monoisotopic (exact) mass is 318 g/mol. The lowest BCUT2D eigenvalue weighted by Gasteiger charge is -2.16. The van der Waals surface area contributed by atoms with Crippen LogP contribution in [0.3, 0.4) is 0 Å². The summed E-state index contributed by atoms with van der Waals surface area (Å²) in [5, 5.41) is 2.42. The predicted octanol–water partition coefficient (Wildman–Crippen LogP) is 1.72. The van der Waals surface area contributed by atoms with E-state index >= 15 is 0 Å². The minimum atomic E-state index is -0.945. The van der Waals surface area contributed by atoms with Gasteiger partial charge in [-0.1, -0.05) is 36.4 Å². The van der Waals surface area contributed by atoms with Crippen molar-refractivity contribution in [1.29, 1.82) is 0 Å². The molecule has 0 aromatic heterocycles. The number of carbonyl (C=O) groups is 2. The van der Waals surface area contributed by atoms with Crippen LogP contribution in [-0.4, -0.2) is 17.9 Å². The van der Waals surface area contributed by atoms with Crippen LogP contribution in [0, 0.1) is 11.6 Å². The van der Waals surface area contributed by atoms with Crippen molar-refractivity contribution in [2.24, 2.45) is 5.73 Å². The molecule has 2 rings (SSSR count). The Hall–Kier alpha value is -2.76. The Morgan fingerprint density at radius 1 is 1.00 bits per heavy atom. The molecule has 0 spiro atoms. The number of amides is 2. The molecule has 3 N–H and O–H groups in total. The van der Waals surface area contributed by atoms with Crippen LogP contribution in [0.2, 0.25) is 0 Å². The summed E-state index contributed by atoms with van der Waals surface area (Å²) < 4.78 is 27.1. The highest BCUT2D eigenvalue weighted by molar-refractivity contribution is 5.87. The predicted molar refractivity (Wildman–Crippen MR) is 81.3 cm³/mol. The fourth-order valence-corrected chi connectivity index (χ4v) is 2.18. The van der Waals surface area contributed by atoms with Gasteiger partial charge in [0.1, 0.15) is 17.7 Å².